The van der Waals surface area contributed by atoms with Crippen LogP contribution in [-0.2, 0) is 19.1 Å². The van der Waals surface area contributed by atoms with Gasteiger partial charge < -0.3 is 9.64 Å². The highest BCUT2D eigenvalue weighted by Crippen LogP contribution is 2.08. The average Bonchev–Trinajstić information content (AvgIpc) is 2.37. The molecular weight excluding hydrogens is 361 g/mol. The van der Waals surface area contributed by atoms with E-state index >= 15 is 0 Å². The Morgan fingerprint density at radius 2 is 2.00 bits per heavy atom. The van der Waals surface area contributed by atoms with Gasteiger partial charge in [-0.25, -0.2) is 4.79 Å². The van der Waals surface area contributed by atoms with Crippen LogP contribution in [0.1, 0.15) is 20.3 Å². The van der Waals surface area contributed by atoms with Gasteiger partial charge in [0.15, 0.2) is 5.78 Å². The lowest BCUT2D eigenvalue weighted by Gasteiger charge is -2.22. The normalized spacial score (nSPS) is 10.3. The van der Waals surface area contributed by atoms with Gasteiger partial charge in [0.2, 0.25) is 5.91 Å². The number of ketones is 1. The molecular formula is C13H18INO4. The largest absolute Gasteiger partial charge is 0.461 e. The summed E-state index contributed by atoms with van der Waals surface area (Å²) in [6.45, 7) is 7.25. The van der Waals surface area contributed by atoms with Crippen LogP contribution in [0.2, 0.25) is 0 Å². The zero-order valence-electron chi connectivity index (χ0n) is 11.1. The molecule has 19 heavy (non-hydrogen) atoms. The van der Waals surface area contributed by atoms with Gasteiger partial charge in [0.1, 0.15) is 5.70 Å². The van der Waals surface area contributed by atoms with Crippen LogP contribution in [0.15, 0.2) is 24.4 Å². The zero-order valence-corrected chi connectivity index (χ0v) is 13.3. The molecule has 0 aromatic heterocycles. The smallest absolute Gasteiger partial charge is 0.354 e. The predicted molar refractivity (Wildman–Crippen MR) is 80.8 cm³/mol. The van der Waals surface area contributed by atoms with Crippen molar-refractivity contribution in [2.45, 2.75) is 20.3 Å². The molecule has 0 aromatic rings. The molecule has 0 N–H and O–H groups in total. The Morgan fingerprint density at radius 1 is 1.37 bits per heavy atom. The lowest BCUT2D eigenvalue weighted by Crippen LogP contribution is -2.35. The van der Waals surface area contributed by atoms with Crippen LogP contribution < -0.4 is 0 Å². The van der Waals surface area contributed by atoms with Crippen molar-refractivity contribution in [3.63, 3.8) is 0 Å². The summed E-state index contributed by atoms with van der Waals surface area (Å²) in [7, 11) is 0. The number of hydrogen-bond acceptors (Lipinski definition) is 4. The molecule has 0 saturated carbocycles. The standard InChI is InChI=1S/C13H18INO4/c1-4-19-13(18)11(3)15(12(17)9-14)8-6-5-7-10(2)16/h5,7H,3-4,6,8-9H2,1-2H3/b7-5+. The highest BCUT2D eigenvalue weighted by Gasteiger charge is 2.21. The van der Waals surface area contributed by atoms with Gasteiger partial charge in [-0.3, -0.25) is 9.59 Å². The third kappa shape index (κ3) is 7.09. The summed E-state index contributed by atoms with van der Waals surface area (Å²) in [6, 6.07) is 0. The highest BCUT2D eigenvalue weighted by molar-refractivity contribution is 14.1. The van der Waals surface area contributed by atoms with Crippen molar-refractivity contribution in [1.82, 2.24) is 4.90 Å². The molecule has 0 radical (unpaired) electrons. The van der Waals surface area contributed by atoms with Crippen LogP contribution in [0.4, 0.5) is 0 Å². The SMILES string of the molecule is C=C(C(=O)OCC)N(CC/C=C/C(C)=O)C(=O)CI. The molecule has 0 rings (SSSR count). The average molecular weight is 379 g/mol. The second kappa shape index (κ2) is 9.71. The maximum Gasteiger partial charge on any atom is 0.354 e. The fourth-order valence-corrected chi connectivity index (χ4v) is 1.67. The number of amides is 1. The zero-order chi connectivity index (χ0) is 14.8. The monoisotopic (exact) mass is 379 g/mol. The van der Waals surface area contributed by atoms with Crippen LogP contribution in [0, 0.1) is 0 Å². The predicted octanol–water partition coefficient (Wildman–Crippen LogP) is 1.86. The second-order valence-electron chi connectivity index (χ2n) is 3.65. The number of carbonyl (C=O) groups excluding carboxylic acids is 3. The van der Waals surface area contributed by atoms with Gasteiger partial charge in [0.05, 0.1) is 11.0 Å². The van der Waals surface area contributed by atoms with Crippen molar-refractivity contribution in [1.29, 1.82) is 0 Å². The number of carbonyl (C=O) groups is 3. The van der Waals surface area contributed by atoms with Crippen molar-refractivity contribution >= 4 is 40.3 Å². The van der Waals surface area contributed by atoms with E-state index in [-0.39, 0.29) is 28.4 Å². The van der Waals surface area contributed by atoms with E-state index in [4.69, 9.17) is 4.74 Å². The third-order valence-corrected chi connectivity index (χ3v) is 2.78. The minimum absolute atomic E-state index is 0.0275. The Labute approximate surface area is 126 Å². The maximum absolute atomic E-state index is 11.7. The number of hydrogen-bond donors (Lipinski definition) is 0. The molecule has 0 atom stereocenters. The molecule has 0 aliphatic heterocycles. The van der Waals surface area contributed by atoms with E-state index in [1.807, 2.05) is 22.6 Å². The number of rotatable bonds is 8. The number of alkyl halides is 1. The van der Waals surface area contributed by atoms with Gasteiger partial charge in [-0.1, -0.05) is 35.2 Å². The number of esters is 1. The first-order valence-corrected chi connectivity index (χ1v) is 7.36. The van der Waals surface area contributed by atoms with Crippen molar-refractivity contribution in [3.8, 4) is 0 Å². The quantitative estimate of drug-likeness (QED) is 0.280. The lowest BCUT2D eigenvalue weighted by atomic mass is 10.3. The molecule has 0 unspecified atom stereocenters. The molecule has 0 aliphatic carbocycles. The van der Waals surface area contributed by atoms with Crippen LogP contribution in [0.25, 0.3) is 0 Å². The maximum atomic E-state index is 11.7. The Balaban J connectivity index is 4.64. The van der Waals surface area contributed by atoms with Crippen molar-refractivity contribution in [2.75, 3.05) is 17.6 Å². The summed E-state index contributed by atoms with van der Waals surface area (Å²) in [4.78, 5) is 35.3. The Hall–Kier alpha value is -1.18. The third-order valence-electron chi connectivity index (χ3n) is 2.12. The van der Waals surface area contributed by atoms with Gasteiger partial charge in [-0.05, 0) is 26.3 Å². The summed E-state index contributed by atoms with van der Waals surface area (Å²) in [5.41, 5.74) is 0.0275. The number of nitrogens with zero attached hydrogens (tertiary/aromatic N) is 1. The minimum Gasteiger partial charge on any atom is -0.461 e. The molecule has 0 fully saturated rings. The highest BCUT2D eigenvalue weighted by atomic mass is 127. The molecule has 106 valence electrons. The van der Waals surface area contributed by atoms with Gasteiger partial charge in [0, 0.05) is 6.54 Å². The van der Waals surface area contributed by atoms with E-state index in [1.54, 1.807) is 13.0 Å². The topological polar surface area (TPSA) is 63.7 Å². The lowest BCUT2D eigenvalue weighted by molar-refractivity contribution is -0.143. The molecule has 0 aromatic carbocycles. The molecule has 1 amide bonds. The fourth-order valence-electron chi connectivity index (χ4n) is 1.26. The summed E-state index contributed by atoms with van der Waals surface area (Å²) >= 11 is 1.92. The molecule has 0 heterocycles. The van der Waals surface area contributed by atoms with E-state index in [2.05, 4.69) is 6.58 Å². The van der Waals surface area contributed by atoms with Gasteiger partial charge in [-0.15, -0.1) is 0 Å². The summed E-state index contributed by atoms with van der Waals surface area (Å²) in [5, 5.41) is 0. The van der Waals surface area contributed by atoms with Gasteiger partial charge in [0.25, 0.3) is 0 Å². The van der Waals surface area contributed by atoms with Crippen molar-refractivity contribution < 1.29 is 19.1 Å². The number of allylic oxidation sites excluding steroid dienone is 1. The van der Waals surface area contributed by atoms with Crippen LogP contribution in [-0.4, -0.2) is 40.1 Å². The van der Waals surface area contributed by atoms with Crippen molar-refractivity contribution in [3.05, 3.63) is 24.4 Å². The number of ether oxygens (including phenoxy) is 1. The Kier molecular flexibility index (Phi) is 9.11. The molecule has 5 nitrogen and oxygen atoms in total. The Bertz CT molecular complexity index is 390. The van der Waals surface area contributed by atoms with Crippen LogP contribution in [0.5, 0.6) is 0 Å². The van der Waals surface area contributed by atoms with E-state index in [0.717, 1.165) is 0 Å². The first-order valence-electron chi connectivity index (χ1n) is 5.83. The van der Waals surface area contributed by atoms with Crippen LogP contribution in [0.3, 0.4) is 0 Å². The summed E-state index contributed by atoms with van der Waals surface area (Å²) in [5.74, 6) is -0.873. The first kappa shape index (κ1) is 17.8. The molecule has 0 spiro atoms. The van der Waals surface area contributed by atoms with Gasteiger partial charge >= 0.3 is 5.97 Å². The first-order chi connectivity index (χ1) is 8.93. The fraction of sp³-hybridized carbons (Fsp3) is 0.462. The summed E-state index contributed by atoms with van der Waals surface area (Å²) < 4.78 is 5.06. The molecule has 6 heteroatoms. The van der Waals surface area contributed by atoms with Gasteiger partial charge in [-0.2, -0.15) is 0 Å². The second-order valence-corrected chi connectivity index (χ2v) is 4.41. The van der Waals surface area contributed by atoms with Crippen molar-refractivity contribution in [2.24, 2.45) is 0 Å². The van der Waals surface area contributed by atoms with E-state index in [0.29, 0.717) is 13.0 Å². The van der Waals surface area contributed by atoms with E-state index in [1.165, 1.54) is 17.9 Å². The Morgan fingerprint density at radius 3 is 2.47 bits per heavy atom. The van der Waals surface area contributed by atoms with Crippen LogP contribution >= 0.6 is 22.6 Å². The summed E-state index contributed by atoms with van der Waals surface area (Å²) in [6.07, 6.45) is 3.56. The molecule has 0 saturated heterocycles. The van der Waals surface area contributed by atoms with E-state index in [9.17, 15) is 14.4 Å². The molecule has 0 bridgehead atoms. The molecule has 0 aliphatic rings. The number of halogens is 1. The minimum atomic E-state index is -0.601. The van der Waals surface area contributed by atoms with E-state index < -0.39 is 5.97 Å².